The minimum Gasteiger partial charge on any atom is -0.494 e. The number of nitriles is 1. The van der Waals surface area contributed by atoms with Crippen LogP contribution in [0.2, 0.25) is 0 Å². The van der Waals surface area contributed by atoms with Crippen LogP contribution in [0.25, 0.3) is 0 Å². The van der Waals surface area contributed by atoms with Crippen molar-refractivity contribution in [2.24, 2.45) is 0 Å². The van der Waals surface area contributed by atoms with Crippen molar-refractivity contribution in [2.75, 3.05) is 39.3 Å². The van der Waals surface area contributed by atoms with Gasteiger partial charge in [0.05, 0.1) is 56.7 Å². The van der Waals surface area contributed by atoms with Crippen LogP contribution < -0.4 is 9.64 Å². The molecule has 0 spiro atoms. The zero-order chi connectivity index (χ0) is 16.0. The van der Waals surface area contributed by atoms with Crippen molar-refractivity contribution in [3.63, 3.8) is 0 Å². The van der Waals surface area contributed by atoms with Crippen LogP contribution in [-0.2, 0) is 10.0 Å². The summed E-state index contributed by atoms with van der Waals surface area (Å²) < 4.78 is 32.1. The average molecular weight is 324 g/mol. The molecule has 1 aliphatic rings. The molecule has 0 aromatic heterocycles. The number of quaternary nitrogens is 1. The SMILES string of the molecule is CCOc1ccc(S(=O)(=O)N2CC[NH+](CCC#N)CC2)cc1. The lowest BCUT2D eigenvalue weighted by molar-refractivity contribution is -0.903. The fourth-order valence-electron chi connectivity index (χ4n) is 2.55. The molecule has 0 saturated carbocycles. The second-order valence-electron chi connectivity index (χ2n) is 5.22. The predicted molar refractivity (Wildman–Crippen MR) is 82.2 cm³/mol. The maximum absolute atomic E-state index is 12.6. The predicted octanol–water partition coefficient (Wildman–Crippen LogP) is -0.112. The first kappa shape index (κ1) is 16.7. The standard InChI is InChI=1S/C15H21N3O3S/c1-2-21-14-4-6-15(7-5-14)22(19,20)18-12-10-17(11-13-18)9-3-8-16/h4-7H,2-3,9-13H2,1H3/p+1. The summed E-state index contributed by atoms with van der Waals surface area (Å²) in [6, 6.07) is 8.69. The van der Waals surface area contributed by atoms with Crippen LogP contribution >= 0.6 is 0 Å². The van der Waals surface area contributed by atoms with E-state index in [9.17, 15) is 8.42 Å². The number of hydrogen-bond donors (Lipinski definition) is 1. The Morgan fingerprint density at radius 3 is 2.45 bits per heavy atom. The third-order valence-electron chi connectivity index (χ3n) is 3.79. The molecule has 1 heterocycles. The van der Waals surface area contributed by atoms with E-state index in [0.717, 1.165) is 19.6 Å². The first-order chi connectivity index (χ1) is 10.6. The van der Waals surface area contributed by atoms with E-state index in [1.165, 1.54) is 9.21 Å². The summed E-state index contributed by atoms with van der Waals surface area (Å²) in [6.07, 6.45) is 0.515. The molecule has 1 saturated heterocycles. The Balaban J connectivity index is 2.00. The summed E-state index contributed by atoms with van der Waals surface area (Å²) in [7, 11) is -3.44. The van der Waals surface area contributed by atoms with Crippen LogP contribution in [0, 0.1) is 11.3 Å². The fourth-order valence-corrected chi connectivity index (χ4v) is 3.99. The highest BCUT2D eigenvalue weighted by Crippen LogP contribution is 2.19. The summed E-state index contributed by atoms with van der Waals surface area (Å²) in [5, 5.41) is 8.61. The topological polar surface area (TPSA) is 74.8 Å². The van der Waals surface area contributed by atoms with Crippen molar-refractivity contribution in [3.05, 3.63) is 24.3 Å². The first-order valence-electron chi connectivity index (χ1n) is 7.51. The zero-order valence-corrected chi connectivity index (χ0v) is 13.6. The van der Waals surface area contributed by atoms with E-state index < -0.39 is 10.0 Å². The molecule has 0 unspecified atom stereocenters. The van der Waals surface area contributed by atoms with E-state index in [1.54, 1.807) is 24.3 Å². The Hall–Kier alpha value is -1.62. The molecule has 1 aromatic rings. The molecule has 1 N–H and O–H groups in total. The van der Waals surface area contributed by atoms with Gasteiger partial charge < -0.3 is 9.64 Å². The Kier molecular flexibility index (Phi) is 5.77. The molecule has 22 heavy (non-hydrogen) atoms. The monoisotopic (exact) mass is 324 g/mol. The van der Waals surface area contributed by atoms with Crippen LogP contribution in [0.4, 0.5) is 0 Å². The summed E-state index contributed by atoms with van der Waals surface area (Å²) in [6.45, 7) is 5.72. The Morgan fingerprint density at radius 2 is 1.91 bits per heavy atom. The molecule has 0 radical (unpaired) electrons. The first-order valence-corrected chi connectivity index (χ1v) is 8.95. The van der Waals surface area contributed by atoms with Crippen LogP contribution in [0.3, 0.4) is 0 Å². The van der Waals surface area contributed by atoms with Crippen molar-refractivity contribution < 1.29 is 18.1 Å². The van der Waals surface area contributed by atoms with Gasteiger partial charge in [0.25, 0.3) is 0 Å². The molecule has 0 atom stereocenters. The maximum atomic E-state index is 12.6. The van der Waals surface area contributed by atoms with Crippen molar-refractivity contribution in [2.45, 2.75) is 18.2 Å². The van der Waals surface area contributed by atoms with Gasteiger partial charge in [-0.1, -0.05) is 0 Å². The van der Waals surface area contributed by atoms with E-state index in [4.69, 9.17) is 10.00 Å². The highest BCUT2D eigenvalue weighted by atomic mass is 32.2. The highest BCUT2D eigenvalue weighted by molar-refractivity contribution is 7.89. The van der Waals surface area contributed by atoms with E-state index >= 15 is 0 Å². The van der Waals surface area contributed by atoms with Crippen LogP contribution in [0.1, 0.15) is 13.3 Å². The van der Waals surface area contributed by atoms with Gasteiger partial charge in [-0.3, -0.25) is 0 Å². The maximum Gasteiger partial charge on any atom is 0.243 e. The summed E-state index contributed by atoms with van der Waals surface area (Å²) >= 11 is 0. The largest absolute Gasteiger partial charge is 0.494 e. The van der Waals surface area contributed by atoms with Gasteiger partial charge in [-0.15, -0.1) is 0 Å². The summed E-state index contributed by atoms with van der Waals surface area (Å²) in [5.74, 6) is 0.673. The molecule has 1 aromatic carbocycles. The van der Waals surface area contributed by atoms with Crippen molar-refractivity contribution in [3.8, 4) is 11.8 Å². The Bertz CT molecular complexity index is 614. The van der Waals surface area contributed by atoms with Crippen molar-refractivity contribution in [1.29, 1.82) is 5.26 Å². The molecule has 0 aliphatic carbocycles. The molecule has 1 aliphatic heterocycles. The lowest BCUT2D eigenvalue weighted by Crippen LogP contribution is -3.14. The van der Waals surface area contributed by atoms with Gasteiger partial charge in [0.2, 0.25) is 10.0 Å². The number of hydrogen-bond acceptors (Lipinski definition) is 4. The quantitative estimate of drug-likeness (QED) is 0.792. The normalized spacial score (nSPS) is 17.1. The minimum absolute atomic E-state index is 0.302. The third-order valence-corrected chi connectivity index (χ3v) is 5.71. The van der Waals surface area contributed by atoms with Crippen LogP contribution in [0.15, 0.2) is 29.2 Å². The molecule has 2 rings (SSSR count). The van der Waals surface area contributed by atoms with Gasteiger partial charge in [-0.25, -0.2) is 8.42 Å². The van der Waals surface area contributed by atoms with E-state index in [2.05, 4.69) is 6.07 Å². The molecular weight excluding hydrogens is 302 g/mol. The second-order valence-corrected chi connectivity index (χ2v) is 7.15. The molecule has 0 bridgehead atoms. The smallest absolute Gasteiger partial charge is 0.243 e. The Morgan fingerprint density at radius 1 is 1.27 bits per heavy atom. The average Bonchev–Trinajstić information content (AvgIpc) is 2.54. The molecule has 0 amide bonds. The molecule has 6 nitrogen and oxygen atoms in total. The van der Waals surface area contributed by atoms with E-state index in [1.807, 2.05) is 6.92 Å². The fraction of sp³-hybridized carbons (Fsp3) is 0.533. The molecule has 120 valence electrons. The summed E-state index contributed by atoms with van der Waals surface area (Å²) in [5.41, 5.74) is 0. The molecular formula is C15H22N3O3S+. The van der Waals surface area contributed by atoms with Crippen molar-refractivity contribution >= 4 is 10.0 Å². The third kappa shape index (κ3) is 3.97. The number of nitrogens with zero attached hydrogens (tertiary/aromatic N) is 2. The lowest BCUT2D eigenvalue weighted by atomic mass is 10.3. The zero-order valence-electron chi connectivity index (χ0n) is 12.8. The van der Waals surface area contributed by atoms with Gasteiger partial charge in [0, 0.05) is 0 Å². The lowest BCUT2D eigenvalue weighted by Gasteiger charge is -2.31. The van der Waals surface area contributed by atoms with Gasteiger partial charge in [0.1, 0.15) is 5.75 Å². The van der Waals surface area contributed by atoms with E-state index in [-0.39, 0.29) is 0 Å². The second kappa shape index (κ2) is 7.58. The number of piperazine rings is 1. The molecule has 1 fully saturated rings. The van der Waals surface area contributed by atoms with Gasteiger partial charge >= 0.3 is 0 Å². The van der Waals surface area contributed by atoms with Crippen molar-refractivity contribution in [1.82, 2.24) is 4.31 Å². The number of sulfonamides is 1. The van der Waals surface area contributed by atoms with Crippen LogP contribution in [0.5, 0.6) is 5.75 Å². The number of benzene rings is 1. The summed E-state index contributed by atoms with van der Waals surface area (Å²) in [4.78, 5) is 1.59. The number of ether oxygens (including phenoxy) is 1. The highest BCUT2D eigenvalue weighted by Gasteiger charge is 2.30. The Labute approximate surface area is 131 Å². The van der Waals surface area contributed by atoms with E-state index in [0.29, 0.717) is 36.8 Å². The number of nitrogens with one attached hydrogen (secondary N) is 1. The molecule has 7 heteroatoms. The van der Waals surface area contributed by atoms with Gasteiger partial charge in [0.15, 0.2) is 0 Å². The van der Waals surface area contributed by atoms with Gasteiger partial charge in [-0.05, 0) is 31.2 Å². The van der Waals surface area contributed by atoms with Gasteiger partial charge in [-0.2, -0.15) is 9.57 Å². The van der Waals surface area contributed by atoms with Crippen LogP contribution in [-0.4, -0.2) is 52.1 Å². The number of rotatable bonds is 6. The minimum atomic E-state index is -3.44.